The van der Waals surface area contributed by atoms with Crippen LogP contribution in [0.25, 0.3) is 0 Å². The Labute approximate surface area is 58.2 Å². The lowest BCUT2D eigenvalue weighted by atomic mass is 10.5. The van der Waals surface area contributed by atoms with Gasteiger partial charge < -0.3 is 5.11 Å². The van der Waals surface area contributed by atoms with Crippen LogP contribution in [0, 0.1) is 6.92 Å². The molecule has 1 fully saturated rings. The van der Waals surface area contributed by atoms with E-state index in [-0.39, 0.29) is 6.10 Å². The van der Waals surface area contributed by atoms with Gasteiger partial charge in [-0.15, -0.1) is 23.5 Å². The van der Waals surface area contributed by atoms with Gasteiger partial charge in [0.2, 0.25) is 0 Å². The highest BCUT2D eigenvalue weighted by Crippen LogP contribution is 2.33. The summed E-state index contributed by atoms with van der Waals surface area (Å²) in [6.07, 6.45) is -0.382. The maximum Gasteiger partial charge on any atom is 0.0761 e. The summed E-state index contributed by atoms with van der Waals surface area (Å²) in [5.74, 6) is 2.34. The summed E-state index contributed by atoms with van der Waals surface area (Å²) in [5, 5.41) is 8.90. The molecule has 0 aromatic carbocycles. The molecule has 0 aromatic heterocycles. The van der Waals surface area contributed by atoms with E-state index in [1.807, 2.05) is 0 Å². The highest BCUT2D eigenvalue weighted by Gasteiger charge is 2.20. The van der Waals surface area contributed by atoms with E-state index in [4.69, 9.17) is 5.11 Å². The SMILES string of the molecule is [CH2]C(O)C1SCCS1. The lowest BCUT2D eigenvalue weighted by Crippen LogP contribution is -2.12. The average Bonchev–Trinajstić information content (AvgIpc) is 2.12. The summed E-state index contributed by atoms with van der Waals surface area (Å²) in [4.78, 5) is 0. The normalized spacial score (nSPS) is 26.2. The molecule has 1 heterocycles. The fourth-order valence-electron chi connectivity index (χ4n) is 0.599. The van der Waals surface area contributed by atoms with E-state index in [0.29, 0.717) is 4.58 Å². The zero-order valence-corrected chi connectivity index (χ0v) is 6.17. The van der Waals surface area contributed by atoms with E-state index in [0.717, 1.165) is 0 Å². The molecule has 0 amide bonds. The van der Waals surface area contributed by atoms with Gasteiger partial charge in [0.15, 0.2) is 0 Å². The Morgan fingerprint density at radius 1 is 1.50 bits per heavy atom. The topological polar surface area (TPSA) is 20.2 Å². The van der Waals surface area contributed by atoms with Gasteiger partial charge in [0.25, 0.3) is 0 Å². The molecule has 3 heteroatoms. The van der Waals surface area contributed by atoms with Crippen molar-refractivity contribution < 1.29 is 5.11 Å². The Balaban J connectivity index is 2.24. The molecule has 0 aliphatic carbocycles. The van der Waals surface area contributed by atoms with Gasteiger partial charge >= 0.3 is 0 Å². The molecule has 1 saturated heterocycles. The zero-order valence-electron chi connectivity index (χ0n) is 4.54. The minimum Gasteiger partial charge on any atom is -0.391 e. The monoisotopic (exact) mass is 149 g/mol. The van der Waals surface area contributed by atoms with Crippen molar-refractivity contribution in [2.45, 2.75) is 10.7 Å². The first kappa shape index (κ1) is 6.78. The van der Waals surface area contributed by atoms with Crippen molar-refractivity contribution in [2.75, 3.05) is 11.5 Å². The van der Waals surface area contributed by atoms with Crippen molar-refractivity contribution in [3.8, 4) is 0 Å². The zero-order chi connectivity index (χ0) is 5.98. The lowest BCUT2D eigenvalue weighted by molar-refractivity contribution is 0.239. The molecule has 47 valence electrons. The highest BCUT2D eigenvalue weighted by atomic mass is 32.2. The molecule has 1 atom stereocenters. The van der Waals surface area contributed by atoms with Gasteiger partial charge in [-0.05, 0) is 6.92 Å². The van der Waals surface area contributed by atoms with E-state index in [1.165, 1.54) is 11.5 Å². The van der Waals surface area contributed by atoms with Crippen molar-refractivity contribution in [3.63, 3.8) is 0 Å². The standard InChI is InChI=1S/C5H9OS2/c1-4(6)5-7-2-3-8-5/h4-6H,1-3H2. The molecule has 1 N–H and O–H groups in total. The highest BCUT2D eigenvalue weighted by molar-refractivity contribution is 8.20. The summed E-state index contributed by atoms with van der Waals surface area (Å²) in [6.45, 7) is 3.53. The van der Waals surface area contributed by atoms with Crippen LogP contribution in [-0.2, 0) is 0 Å². The molecule has 1 radical (unpaired) electrons. The lowest BCUT2D eigenvalue weighted by Gasteiger charge is -2.08. The first-order chi connectivity index (χ1) is 3.80. The van der Waals surface area contributed by atoms with Gasteiger partial charge in [0.05, 0.1) is 10.7 Å². The molecule has 0 bridgehead atoms. The summed E-state index contributed by atoms with van der Waals surface area (Å²) >= 11 is 3.60. The number of aliphatic hydroxyl groups excluding tert-OH is 1. The Morgan fingerprint density at radius 2 is 2.00 bits per heavy atom. The van der Waals surface area contributed by atoms with Crippen LogP contribution in [0.4, 0.5) is 0 Å². The van der Waals surface area contributed by atoms with Crippen LogP contribution >= 0.6 is 23.5 Å². The third kappa shape index (κ3) is 1.57. The Kier molecular flexibility index (Phi) is 2.53. The molecule has 1 rings (SSSR count). The Bertz CT molecular complexity index is 68.8. The molecular weight excluding hydrogens is 140 g/mol. The molecular formula is C5H9OS2. The quantitative estimate of drug-likeness (QED) is 0.600. The van der Waals surface area contributed by atoms with Crippen molar-refractivity contribution in [1.29, 1.82) is 0 Å². The summed E-state index contributed by atoms with van der Waals surface area (Å²) in [5.41, 5.74) is 0. The van der Waals surface area contributed by atoms with Crippen LogP contribution < -0.4 is 0 Å². The van der Waals surface area contributed by atoms with E-state index in [1.54, 1.807) is 23.5 Å². The van der Waals surface area contributed by atoms with Gasteiger partial charge in [-0.2, -0.15) is 0 Å². The minimum atomic E-state index is -0.382. The van der Waals surface area contributed by atoms with Crippen molar-refractivity contribution in [3.05, 3.63) is 6.92 Å². The van der Waals surface area contributed by atoms with Gasteiger partial charge in [-0.1, -0.05) is 0 Å². The van der Waals surface area contributed by atoms with Crippen LogP contribution in [0.5, 0.6) is 0 Å². The second kappa shape index (κ2) is 2.99. The number of thioether (sulfide) groups is 2. The number of rotatable bonds is 1. The Morgan fingerprint density at radius 3 is 2.25 bits per heavy atom. The third-order valence-corrected chi connectivity index (χ3v) is 4.20. The van der Waals surface area contributed by atoms with Crippen molar-refractivity contribution >= 4 is 23.5 Å². The molecule has 0 saturated carbocycles. The smallest absolute Gasteiger partial charge is 0.0761 e. The largest absolute Gasteiger partial charge is 0.391 e. The molecule has 1 nitrogen and oxygen atoms in total. The fraction of sp³-hybridized carbons (Fsp3) is 0.800. The first-order valence-corrected chi connectivity index (χ1v) is 4.65. The maximum absolute atomic E-state index is 8.90. The summed E-state index contributed by atoms with van der Waals surface area (Å²) < 4.78 is 0.343. The number of hydrogen-bond donors (Lipinski definition) is 1. The second-order valence-electron chi connectivity index (χ2n) is 1.68. The van der Waals surface area contributed by atoms with Gasteiger partial charge in [0, 0.05) is 11.5 Å². The summed E-state index contributed by atoms with van der Waals surface area (Å²) in [6, 6.07) is 0. The third-order valence-electron chi connectivity index (χ3n) is 0.962. The van der Waals surface area contributed by atoms with Crippen molar-refractivity contribution in [2.24, 2.45) is 0 Å². The van der Waals surface area contributed by atoms with E-state index >= 15 is 0 Å². The number of hydrogen-bond acceptors (Lipinski definition) is 3. The van der Waals surface area contributed by atoms with Crippen molar-refractivity contribution in [1.82, 2.24) is 0 Å². The first-order valence-electron chi connectivity index (χ1n) is 2.55. The van der Waals surface area contributed by atoms with Gasteiger partial charge in [0.1, 0.15) is 0 Å². The van der Waals surface area contributed by atoms with Gasteiger partial charge in [-0.3, -0.25) is 0 Å². The Hall–Kier alpha value is 0.660. The van der Waals surface area contributed by atoms with Crippen LogP contribution in [0.15, 0.2) is 0 Å². The molecule has 1 unspecified atom stereocenters. The molecule has 0 spiro atoms. The van der Waals surface area contributed by atoms with E-state index in [2.05, 4.69) is 6.92 Å². The molecule has 0 aromatic rings. The molecule has 1 aliphatic heterocycles. The predicted molar refractivity (Wildman–Crippen MR) is 40.1 cm³/mol. The van der Waals surface area contributed by atoms with Crippen LogP contribution in [-0.4, -0.2) is 27.3 Å². The van der Waals surface area contributed by atoms with Gasteiger partial charge in [-0.25, -0.2) is 0 Å². The summed E-state index contributed by atoms with van der Waals surface area (Å²) in [7, 11) is 0. The molecule has 1 aliphatic rings. The predicted octanol–water partition coefficient (Wildman–Crippen LogP) is 0.987. The fourth-order valence-corrected chi connectivity index (χ4v) is 3.24. The van der Waals surface area contributed by atoms with E-state index < -0.39 is 0 Å². The number of aliphatic hydroxyl groups is 1. The van der Waals surface area contributed by atoms with Crippen LogP contribution in [0.2, 0.25) is 0 Å². The average molecular weight is 149 g/mol. The van der Waals surface area contributed by atoms with E-state index in [9.17, 15) is 0 Å². The minimum absolute atomic E-state index is 0.343. The second-order valence-corrected chi connectivity index (χ2v) is 4.47. The molecule has 8 heavy (non-hydrogen) atoms. The van der Waals surface area contributed by atoms with Crippen LogP contribution in [0.1, 0.15) is 0 Å². The maximum atomic E-state index is 8.90. The van der Waals surface area contributed by atoms with Crippen LogP contribution in [0.3, 0.4) is 0 Å².